The maximum Gasteiger partial charge on any atom is -0.00169 e. The van der Waals surface area contributed by atoms with Gasteiger partial charge in [0, 0.05) is 0 Å². The lowest BCUT2D eigenvalue weighted by Gasteiger charge is -2.12. The number of nitrogens with one attached hydrogen (secondary N) is 1. The third kappa shape index (κ3) is 2.07. The second-order valence-corrected chi connectivity index (χ2v) is 5.15. The van der Waals surface area contributed by atoms with E-state index in [-0.39, 0.29) is 0 Å². The molecule has 3 rings (SSSR count). The third-order valence-electron chi connectivity index (χ3n) is 3.90. The van der Waals surface area contributed by atoms with E-state index < -0.39 is 0 Å². The third-order valence-corrected chi connectivity index (χ3v) is 3.90. The van der Waals surface area contributed by atoms with Gasteiger partial charge in [0.15, 0.2) is 0 Å². The quantitative estimate of drug-likeness (QED) is 0.827. The highest BCUT2D eigenvalue weighted by Gasteiger charge is 2.16. The molecular formula is C16H19N. The van der Waals surface area contributed by atoms with E-state index in [0.29, 0.717) is 0 Å². The van der Waals surface area contributed by atoms with Gasteiger partial charge in [-0.3, -0.25) is 0 Å². The molecule has 1 fully saturated rings. The average Bonchev–Trinajstić information content (AvgIpc) is 2.86. The topological polar surface area (TPSA) is 12.0 Å². The zero-order valence-corrected chi connectivity index (χ0v) is 10.4. The number of hydrogen-bond donors (Lipinski definition) is 1. The van der Waals surface area contributed by atoms with Gasteiger partial charge in [-0.15, -0.1) is 0 Å². The molecule has 0 radical (unpaired) electrons. The molecule has 1 nitrogen and oxygen atoms in total. The Hall–Kier alpha value is -1.34. The Bertz CT molecular complexity index is 524. The van der Waals surface area contributed by atoms with E-state index in [1.165, 1.54) is 47.8 Å². The van der Waals surface area contributed by atoms with Crippen LogP contribution in [0.2, 0.25) is 0 Å². The van der Waals surface area contributed by atoms with Gasteiger partial charge in [0.2, 0.25) is 0 Å². The molecular weight excluding hydrogens is 206 g/mol. The zero-order chi connectivity index (χ0) is 11.7. The molecule has 2 aromatic rings. The van der Waals surface area contributed by atoms with Crippen molar-refractivity contribution in [1.82, 2.24) is 5.32 Å². The minimum absolute atomic E-state index is 0.820. The van der Waals surface area contributed by atoms with Crippen LogP contribution in [-0.2, 0) is 6.42 Å². The molecule has 0 spiro atoms. The van der Waals surface area contributed by atoms with Gasteiger partial charge in [-0.1, -0.05) is 36.4 Å². The first kappa shape index (κ1) is 10.8. The van der Waals surface area contributed by atoms with Crippen LogP contribution in [0, 0.1) is 12.8 Å². The van der Waals surface area contributed by atoms with Crippen molar-refractivity contribution in [2.24, 2.45) is 5.92 Å². The second-order valence-electron chi connectivity index (χ2n) is 5.15. The number of fused-ring (bicyclic) bond motifs is 1. The molecule has 88 valence electrons. The van der Waals surface area contributed by atoms with E-state index in [9.17, 15) is 0 Å². The maximum absolute atomic E-state index is 3.45. The molecule has 0 amide bonds. The van der Waals surface area contributed by atoms with Crippen LogP contribution in [0.5, 0.6) is 0 Å². The normalized spacial score (nSPS) is 19.9. The van der Waals surface area contributed by atoms with Crippen molar-refractivity contribution < 1.29 is 0 Å². The van der Waals surface area contributed by atoms with Crippen molar-refractivity contribution in [3.05, 3.63) is 47.5 Å². The summed E-state index contributed by atoms with van der Waals surface area (Å²) in [6.07, 6.45) is 2.54. The van der Waals surface area contributed by atoms with Gasteiger partial charge in [-0.2, -0.15) is 0 Å². The van der Waals surface area contributed by atoms with E-state index in [0.717, 1.165) is 5.92 Å². The highest BCUT2D eigenvalue weighted by Crippen LogP contribution is 2.25. The van der Waals surface area contributed by atoms with Crippen molar-refractivity contribution in [2.45, 2.75) is 19.8 Å². The molecule has 1 atom stereocenters. The highest BCUT2D eigenvalue weighted by atomic mass is 14.9. The molecule has 17 heavy (non-hydrogen) atoms. The largest absolute Gasteiger partial charge is 0.316 e. The minimum atomic E-state index is 0.820. The fourth-order valence-electron chi connectivity index (χ4n) is 2.89. The summed E-state index contributed by atoms with van der Waals surface area (Å²) in [5, 5.41) is 6.31. The van der Waals surface area contributed by atoms with Crippen LogP contribution in [0.15, 0.2) is 36.4 Å². The lowest BCUT2D eigenvalue weighted by molar-refractivity contribution is 0.582. The Labute approximate surface area is 103 Å². The van der Waals surface area contributed by atoms with E-state index in [2.05, 4.69) is 48.6 Å². The van der Waals surface area contributed by atoms with Crippen molar-refractivity contribution in [3.8, 4) is 0 Å². The SMILES string of the molecule is Cc1ccc(CC2CCNC2)c2ccccc12. The summed E-state index contributed by atoms with van der Waals surface area (Å²) in [5.41, 5.74) is 2.90. The van der Waals surface area contributed by atoms with Gasteiger partial charge < -0.3 is 5.32 Å². The molecule has 1 unspecified atom stereocenters. The van der Waals surface area contributed by atoms with Gasteiger partial charge in [0.25, 0.3) is 0 Å². The van der Waals surface area contributed by atoms with Gasteiger partial charge in [0.05, 0.1) is 0 Å². The molecule has 1 aliphatic rings. The summed E-state index contributed by atoms with van der Waals surface area (Å²) in [6.45, 7) is 4.57. The van der Waals surface area contributed by atoms with E-state index in [4.69, 9.17) is 0 Å². The summed E-state index contributed by atoms with van der Waals surface area (Å²) in [4.78, 5) is 0. The molecule has 2 aromatic carbocycles. The molecule has 1 N–H and O–H groups in total. The van der Waals surface area contributed by atoms with Crippen LogP contribution in [0.3, 0.4) is 0 Å². The molecule has 1 aliphatic heterocycles. The second kappa shape index (κ2) is 4.50. The van der Waals surface area contributed by atoms with Crippen molar-refractivity contribution in [2.75, 3.05) is 13.1 Å². The van der Waals surface area contributed by atoms with Crippen LogP contribution in [0.1, 0.15) is 17.5 Å². The van der Waals surface area contributed by atoms with E-state index in [1.807, 2.05) is 0 Å². The van der Waals surface area contributed by atoms with Crippen LogP contribution in [0.25, 0.3) is 10.8 Å². The molecule has 0 bridgehead atoms. The Balaban J connectivity index is 2.01. The first-order valence-electron chi connectivity index (χ1n) is 6.52. The van der Waals surface area contributed by atoms with Crippen LogP contribution in [-0.4, -0.2) is 13.1 Å². The zero-order valence-electron chi connectivity index (χ0n) is 10.4. The van der Waals surface area contributed by atoms with Gasteiger partial charge in [-0.05, 0) is 60.7 Å². The van der Waals surface area contributed by atoms with Gasteiger partial charge >= 0.3 is 0 Å². The van der Waals surface area contributed by atoms with Gasteiger partial charge in [-0.25, -0.2) is 0 Å². The average molecular weight is 225 g/mol. The highest BCUT2D eigenvalue weighted by molar-refractivity contribution is 5.88. The first-order valence-corrected chi connectivity index (χ1v) is 6.52. The summed E-state index contributed by atoms with van der Waals surface area (Å²) in [5.74, 6) is 0.820. The number of aryl methyl sites for hydroxylation is 1. The molecule has 1 saturated heterocycles. The number of rotatable bonds is 2. The summed E-state index contributed by atoms with van der Waals surface area (Å²) >= 11 is 0. The summed E-state index contributed by atoms with van der Waals surface area (Å²) in [6, 6.07) is 13.4. The predicted octanol–water partition coefficient (Wildman–Crippen LogP) is 3.30. The minimum Gasteiger partial charge on any atom is -0.316 e. The molecule has 1 heterocycles. The molecule has 0 aliphatic carbocycles. The molecule has 0 aromatic heterocycles. The first-order chi connectivity index (χ1) is 8.34. The smallest absolute Gasteiger partial charge is 0.00169 e. The summed E-state index contributed by atoms with van der Waals surface area (Å²) < 4.78 is 0. The predicted molar refractivity (Wildman–Crippen MR) is 73.4 cm³/mol. The standard InChI is InChI=1S/C16H19N/c1-12-6-7-14(10-13-8-9-17-11-13)16-5-3-2-4-15(12)16/h2-7,13,17H,8-11H2,1H3. The van der Waals surface area contributed by atoms with E-state index in [1.54, 1.807) is 0 Å². The summed E-state index contributed by atoms with van der Waals surface area (Å²) in [7, 11) is 0. The Morgan fingerprint density at radius 2 is 1.94 bits per heavy atom. The molecule has 0 saturated carbocycles. The Kier molecular flexibility index (Phi) is 2.86. The van der Waals surface area contributed by atoms with Gasteiger partial charge in [0.1, 0.15) is 0 Å². The lowest BCUT2D eigenvalue weighted by Crippen LogP contribution is -2.10. The maximum atomic E-state index is 3.45. The van der Waals surface area contributed by atoms with Crippen LogP contribution < -0.4 is 5.32 Å². The fourth-order valence-corrected chi connectivity index (χ4v) is 2.89. The van der Waals surface area contributed by atoms with Crippen molar-refractivity contribution >= 4 is 10.8 Å². The number of hydrogen-bond acceptors (Lipinski definition) is 1. The Morgan fingerprint density at radius 3 is 2.71 bits per heavy atom. The van der Waals surface area contributed by atoms with Crippen molar-refractivity contribution in [1.29, 1.82) is 0 Å². The monoisotopic (exact) mass is 225 g/mol. The van der Waals surface area contributed by atoms with E-state index >= 15 is 0 Å². The lowest BCUT2D eigenvalue weighted by atomic mass is 9.93. The van der Waals surface area contributed by atoms with Crippen molar-refractivity contribution in [3.63, 3.8) is 0 Å². The fraction of sp³-hybridized carbons (Fsp3) is 0.375. The van der Waals surface area contributed by atoms with Crippen LogP contribution in [0.4, 0.5) is 0 Å². The molecule has 1 heteroatoms. The Morgan fingerprint density at radius 1 is 1.12 bits per heavy atom. The number of benzene rings is 2. The van der Waals surface area contributed by atoms with Crippen LogP contribution >= 0.6 is 0 Å².